The van der Waals surface area contributed by atoms with Crippen molar-refractivity contribution in [1.29, 1.82) is 0 Å². The van der Waals surface area contributed by atoms with Crippen LogP contribution in [-0.2, 0) is 11.3 Å². The Bertz CT molecular complexity index is 604. The van der Waals surface area contributed by atoms with Crippen LogP contribution in [0.4, 0.5) is 0 Å². The van der Waals surface area contributed by atoms with E-state index in [0.717, 1.165) is 36.2 Å². The largest absolute Gasteiger partial charge is 0.493 e. The molecule has 2 N–H and O–H groups in total. The molecule has 1 fully saturated rings. The molecular formula is C22H39IN4O2. The molecule has 0 unspecified atom stereocenters. The number of ether oxygens (including phenoxy) is 2. The van der Waals surface area contributed by atoms with E-state index in [1.807, 2.05) is 7.05 Å². The molecule has 0 radical (unpaired) electrons. The van der Waals surface area contributed by atoms with E-state index in [-0.39, 0.29) is 24.0 Å². The first kappa shape index (κ1) is 26.0. The summed E-state index contributed by atoms with van der Waals surface area (Å²) in [4.78, 5) is 6.78. The highest BCUT2D eigenvalue weighted by atomic mass is 127. The molecule has 2 rings (SSSR count). The van der Waals surface area contributed by atoms with Gasteiger partial charge in [-0.1, -0.05) is 12.1 Å². The molecular weight excluding hydrogens is 479 g/mol. The SMILES string of the molecule is CN=C(NCCC1CCN(C)CC1)NCc1ccc(C)cc1OCCCOC.I. The van der Waals surface area contributed by atoms with Gasteiger partial charge in [0.2, 0.25) is 0 Å². The molecule has 1 saturated heterocycles. The maximum absolute atomic E-state index is 5.97. The Kier molecular flexibility index (Phi) is 13.3. The van der Waals surface area contributed by atoms with Crippen molar-refractivity contribution in [3.8, 4) is 5.75 Å². The average molecular weight is 518 g/mol. The number of hydrogen-bond acceptors (Lipinski definition) is 4. The van der Waals surface area contributed by atoms with Crippen LogP contribution in [-0.4, -0.2) is 64.9 Å². The second kappa shape index (κ2) is 14.8. The van der Waals surface area contributed by atoms with Gasteiger partial charge in [0.1, 0.15) is 5.75 Å². The van der Waals surface area contributed by atoms with Crippen LogP contribution >= 0.6 is 24.0 Å². The Balaban J connectivity index is 0.00000420. The highest BCUT2D eigenvalue weighted by Crippen LogP contribution is 2.21. The van der Waals surface area contributed by atoms with Crippen molar-refractivity contribution >= 4 is 29.9 Å². The van der Waals surface area contributed by atoms with Crippen molar-refractivity contribution in [2.45, 2.75) is 39.2 Å². The number of piperidine rings is 1. The number of benzene rings is 1. The van der Waals surface area contributed by atoms with E-state index in [4.69, 9.17) is 9.47 Å². The summed E-state index contributed by atoms with van der Waals surface area (Å²) in [7, 11) is 5.75. The molecule has 1 aliphatic rings. The third-order valence-electron chi connectivity index (χ3n) is 5.33. The first-order valence-electron chi connectivity index (χ1n) is 10.5. The van der Waals surface area contributed by atoms with Crippen LogP contribution in [0, 0.1) is 12.8 Å². The molecule has 29 heavy (non-hydrogen) atoms. The fourth-order valence-electron chi connectivity index (χ4n) is 3.47. The zero-order valence-corrected chi connectivity index (χ0v) is 20.8. The number of rotatable bonds is 10. The van der Waals surface area contributed by atoms with Crippen molar-refractivity contribution in [2.24, 2.45) is 10.9 Å². The minimum atomic E-state index is 0. The predicted molar refractivity (Wildman–Crippen MR) is 132 cm³/mol. The normalized spacial score (nSPS) is 15.7. The van der Waals surface area contributed by atoms with E-state index in [9.17, 15) is 0 Å². The maximum atomic E-state index is 5.97. The molecule has 1 aromatic carbocycles. The van der Waals surface area contributed by atoms with Crippen molar-refractivity contribution in [2.75, 3.05) is 54.1 Å². The standard InChI is InChI=1S/C22H38N4O2.HI/c1-18-6-7-20(21(16-18)28-15-5-14-27-4)17-25-22(23-2)24-11-8-19-9-12-26(3)13-10-19;/h6-7,16,19H,5,8-15,17H2,1-4H3,(H2,23,24,25);1H. The Morgan fingerprint density at radius 1 is 1.21 bits per heavy atom. The lowest BCUT2D eigenvalue weighted by Gasteiger charge is -2.29. The highest BCUT2D eigenvalue weighted by molar-refractivity contribution is 14.0. The monoisotopic (exact) mass is 518 g/mol. The quantitative estimate of drug-likeness (QED) is 0.215. The van der Waals surface area contributed by atoms with Crippen LogP contribution in [0.5, 0.6) is 5.75 Å². The van der Waals surface area contributed by atoms with Crippen LogP contribution in [0.15, 0.2) is 23.2 Å². The lowest BCUT2D eigenvalue weighted by atomic mass is 9.94. The predicted octanol–water partition coefficient (Wildman–Crippen LogP) is 3.43. The summed E-state index contributed by atoms with van der Waals surface area (Å²) in [5.41, 5.74) is 2.34. The zero-order chi connectivity index (χ0) is 20.2. The molecule has 1 aromatic rings. The van der Waals surface area contributed by atoms with E-state index >= 15 is 0 Å². The third kappa shape index (κ3) is 10.00. The second-order valence-corrected chi connectivity index (χ2v) is 7.69. The molecule has 7 heteroatoms. The van der Waals surface area contributed by atoms with Gasteiger partial charge < -0.3 is 25.0 Å². The Labute approximate surface area is 193 Å². The van der Waals surface area contributed by atoms with Crippen molar-refractivity contribution in [3.05, 3.63) is 29.3 Å². The second-order valence-electron chi connectivity index (χ2n) is 7.69. The van der Waals surface area contributed by atoms with Crippen LogP contribution in [0.1, 0.15) is 36.8 Å². The van der Waals surface area contributed by atoms with E-state index in [1.165, 1.54) is 37.9 Å². The summed E-state index contributed by atoms with van der Waals surface area (Å²) in [5, 5.41) is 6.87. The van der Waals surface area contributed by atoms with Gasteiger partial charge in [-0.3, -0.25) is 4.99 Å². The maximum Gasteiger partial charge on any atom is 0.191 e. The summed E-state index contributed by atoms with van der Waals surface area (Å²) in [6.45, 7) is 7.55. The minimum Gasteiger partial charge on any atom is -0.493 e. The Morgan fingerprint density at radius 3 is 2.66 bits per heavy atom. The van der Waals surface area contributed by atoms with Gasteiger partial charge in [-0.15, -0.1) is 24.0 Å². The van der Waals surface area contributed by atoms with Gasteiger partial charge in [-0.25, -0.2) is 0 Å². The summed E-state index contributed by atoms with van der Waals surface area (Å²) >= 11 is 0. The van der Waals surface area contributed by atoms with Crippen molar-refractivity contribution in [1.82, 2.24) is 15.5 Å². The van der Waals surface area contributed by atoms with Gasteiger partial charge in [0.05, 0.1) is 6.61 Å². The molecule has 0 bridgehead atoms. The number of aliphatic imine (C=N–C) groups is 1. The van der Waals surface area contributed by atoms with Gasteiger partial charge in [0, 0.05) is 45.8 Å². The number of nitrogens with zero attached hydrogens (tertiary/aromatic N) is 2. The number of aryl methyl sites for hydroxylation is 1. The summed E-state index contributed by atoms with van der Waals surface area (Å²) in [5.74, 6) is 2.61. The molecule has 166 valence electrons. The highest BCUT2D eigenvalue weighted by Gasteiger charge is 2.16. The van der Waals surface area contributed by atoms with Gasteiger partial charge >= 0.3 is 0 Å². The molecule has 0 spiro atoms. The topological polar surface area (TPSA) is 58.1 Å². The van der Waals surface area contributed by atoms with E-state index in [1.54, 1.807) is 7.11 Å². The van der Waals surface area contributed by atoms with Crippen LogP contribution in [0.3, 0.4) is 0 Å². The Hall–Kier alpha value is -1.06. The first-order valence-corrected chi connectivity index (χ1v) is 10.5. The molecule has 1 aliphatic heterocycles. The summed E-state index contributed by atoms with van der Waals surface area (Å²) in [6, 6.07) is 6.34. The number of nitrogens with one attached hydrogen (secondary N) is 2. The van der Waals surface area contributed by atoms with Crippen LogP contribution < -0.4 is 15.4 Å². The molecule has 0 aliphatic carbocycles. The molecule has 0 amide bonds. The summed E-state index contributed by atoms with van der Waals surface area (Å²) in [6.07, 6.45) is 4.69. The van der Waals surface area contributed by atoms with Crippen molar-refractivity contribution < 1.29 is 9.47 Å². The van der Waals surface area contributed by atoms with Gasteiger partial charge in [-0.2, -0.15) is 0 Å². The molecule has 0 saturated carbocycles. The third-order valence-corrected chi connectivity index (χ3v) is 5.33. The van der Waals surface area contributed by atoms with Crippen LogP contribution in [0.25, 0.3) is 0 Å². The molecule has 0 aromatic heterocycles. The molecule has 6 nitrogen and oxygen atoms in total. The van der Waals surface area contributed by atoms with Crippen LogP contribution in [0.2, 0.25) is 0 Å². The van der Waals surface area contributed by atoms with E-state index < -0.39 is 0 Å². The first-order chi connectivity index (χ1) is 13.6. The van der Waals surface area contributed by atoms with E-state index in [2.05, 4.69) is 52.7 Å². The lowest BCUT2D eigenvalue weighted by Crippen LogP contribution is -2.38. The fraction of sp³-hybridized carbons (Fsp3) is 0.682. The number of halogens is 1. The summed E-state index contributed by atoms with van der Waals surface area (Å²) < 4.78 is 11.1. The lowest BCUT2D eigenvalue weighted by molar-refractivity contribution is 0.171. The molecule has 0 atom stereocenters. The van der Waals surface area contributed by atoms with E-state index in [0.29, 0.717) is 19.8 Å². The zero-order valence-electron chi connectivity index (χ0n) is 18.5. The molecule has 1 heterocycles. The number of hydrogen-bond donors (Lipinski definition) is 2. The van der Waals surface area contributed by atoms with Gasteiger partial charge in [0.15, 0.2) is 5.96 Å². The number of likely N-dealkylation sites (tertiary alicyclic amines) is 1. The van der Waals surface area contributed by atoms with Gasteiger partial charge in [-0.05, 0) is 63.9 Å². The smallest absolute Gasteiger partial charge is 0.191 e. The minimum absolute atomic E-state index is 0. The average Bonchev–Trinajstić information content (AvgIpc) is 2.70. The van der Waals surface area contributed by atoms with Gasteiger partial charge in [0.25, 0.3) is 0 Å². The number of guanidine groups is 1. The Morgan fingerprint density at radius 2 is 1.97 bits per heavy atom. The number of methoxy groups -OCH3 is 1. The fourth-order valence-corrected chi connectivity index (χ4v) is 3.47. The van der Waals surface area contributed by atoms with Crippen molar-refractivity contribution in [3.63, 3.8) is 0 Å².